The molecule has 0 saturated heterocycles. The third-order valence-electron chi connectivity index (χ3n) is 2.63. The van der Waals surface area contributed by atoms with Gasteiger partial charge in [0.1, 0.15) is 0 Å². The van der Waals surface area contributed by atoms with Gasteiger partial charge in [-0.1, -0.05) is 25.7 Å². The van der Waals surface area contributed by atoms with E-state index in [2.05, 4.69) is 11.5 Å². The van der Waals surface area contributed by atoms with Gasteiger partial charge in [0.2, 0.25) is 0 Å². The molecule has 0 aromatic carbocycles. The molecular weight excluding hydrogens is 136 g/mol. The summed E-state index contributed by atoms with van der Waals surface area (Å²) in [5.74, 6) is 2.34. The predicted octanol–water partition coefficient (Wildman–Crippen LogP) is 1.35. The molecule has 0 radical (unpaired) electrons. The molecule has 11 heavy (non-hydrogen) atoms. The van der Waals surface area contributed by atoms with Gasteiger partial charge < -0.3 is 11.5 Å². The smallest absolute Gasteiger partial charge is 0.0195 e. The van der Waals surface area contributed by atoms with E-state index in [1.165, 1.54) is 25.9 Å². The first-order valence-electron chi connectivity index (χ1n) is 4.60. The van der Waals surface area contributed by atoms with Crippen molar-refractivity contribution < 1.29 is 0 Å². The van der Waals surface area contributed by atoms with Crippen molar-refractivity contribution in [2.24, 2.45) is 23.3 Å². The van der Waals surface area contributed by atoms with Gasteiger partial charge in [-0.3, -0.25) is 0 Å². The molecule has 0 heterocycles. The zero-order chi connectivity index (χ0) is 8.69. The van der Waals surface area contributed by atoms with E-state index in [-0.39, 0.29) is 0 Å². The van der Waals surface area contributed by atoms with Crippen LogP contribution in [0.5, 0.6) is 0 Å². The van der Waals surface area contributed by atoms with Crippen LogP contribution in [0.1, 0.15) is 32.1 Å². The summed E-state index contributed by atoms with van der Waals surface area (Å²) in [5, 5.41) is 0. The van der Waals surface area contributed by atoms with Crippen LogP contribution in [-0.2, 0) is 0 Å². The van der Waals surface area contributed by atoms with Crippen molar-refractivity contribution in [2.45, 2.75) is 32.1 Å². The summed E-state index contributed by atoms with van der Waals surface area (Å²) in [6, 6.07) is 0. The van der Waals surface area contributed by atoms with Crippen molar-refractivity contribution in [3.63, 3.8) is 0 Å². The van der Waals surface area contributed by atoms with Gasteiger partial charge in [-0.05, 0) is 32.4 Å². The second kappa shape index (κ2) is 6.62. The largest absolute Gasteiger partial charge is 0.333 e. The SMILES string of the molecule is C1CC2CCC1C2.CN.CN. The van der Waals surface area contributed by atoms with Gasteiger partial charge >= 0.3 is 0 Å². The molecule has 2 heteroatoms. The highest BCUT2D eigenvalue weighted by molar-refractivity contribution is 4.82. The monoisotopic (exact) mass is 158 g/mol. The van der Waals surface area contributed by atoms with E-state index >= 15 is 0 Å². The summed E-state index contributed by atoms with van der Waals surface area (Å²) in [7, 11) is 3.00. The highest BCUT2D eigenvalue weighted by Crippen LogP contribution is 2.43. The molecule has 68 valence electrons. The third-order valence-corrected chi connectivity index (χ3v) is 2.63. The van der Waals surface area contributed by atoms with Crippen LogP contribution in [0.15, 0.2) is 0 Å². The van der Waals surface area contributed by atoms with Gasteiger partial charge in [-0.15, -0.1) is 0 Å². The Bertz CT molecular complexity index is 65.6. The van der Waals surface area contributed by atoms with Gasteiger partial charge in [-0.25, -0.2) is 0 Å². The lowest BCUT2D eigenvalue weighted by molar-refractivity contribution is 0.480. The molecular formula is C9H22N2. The molecule has 0 aromatic rings. The Morgan fingerprint density at radius 2 is 1.00 bits per heavy atom. The zero-order valence-corrected chi connectivity index (χ0v) is 7.84. The molecule has 2 fully saturated rings. The van der Waals surface area contributed by atoms with Crippen molar-refractivity contribution in [1.29, 1.82) is 0 Å². The maximum absolute atomic E-state index is 4.50. The van der Waals surface area contributed by atoms with Gasteiger partial charge in [0.25, 0.3) is 0 Å². The predicted molar refractivity (Wildman–Crippen MR) is 50.3 cm³/mol. The summed E-state index contributed by atoms with van der Waals surface area (Å²) < 4.78 is 0. The Morgan fingerprint density at radius 1 is 0.727 bits per heavy atom. The van der Waals surface area contributed by atoms with Crippen LogP contribution >= 0.6 is 0 Å². The van der Waals surface area contributed by atoms with Crippen molar-refractivity contribution in [3.05, 3.63) is 0 Å². The van der Waals surface area contributed by atoms with Crippen LogP contribution in [0.25, 0.3) is 0 Å². The maximum atomic E-state index is 4.50. The number of rotatable bonds is 0. The number of fused-ring (bicyclic) bond motifs is 2. The Morgan fingerprint density at radius 3 is 1.09 bits per heavy atom. The fourth-order valence-corrected chi connectivity index (χ4v) is 2.17. The van der Waals surface area contributed by atoms with Crippen LogP contribution in [0.2, 0.25) is 0 Å². The van der Waals surface area contributed by atoms with E-state index in [1.807, 2.05) is 0 Å². The van der Waals surface area contributed by atoms with E-state index in [0.29, 0.717) is 0 Å². The van der Waals surface area contributed by atoms with Crippen molar-refractivity contribution in [3.8, 4) is 0 Å². The van der Waals surface area contributed by atoms with Crippen LogP contribution in [-0.4, -0.2) is 14.1 Å². The standard InChI is InChI=1S/C7H12.2CH5N/c1-2-7-4-3-6(1)5-7;2*1-2/h6-7H,1-5H2;2*2H2,1H3. The molecule has 2 rings (SSSR count). The number of hydrogen-bond donors (Lipinski definition) is 2. The second-order valence-electron chi connectivity index (χ2n) is 3.12. The molecule has 0 aliphatic heterocycles. The van der Waals surface area contributed by atoms with Crippen LogP contribution in [0.3, 0.4) is 0 Å². The first kappa shape index (κ1) is 10.9. The fourth-order valence-electron chi connectivity index (χ4n) is 2.17. The minimum absolute atomic E-state index is 1.17. The zero-order valence-electron chi connectivity index (χ0n) is 7.84. The molecule has 0 aromatic heterocycles. The van der Waals surface area contributed by atoms with E-state index in [4.69, 9.17) is 0 Å². The summed E-state index contributed by atoms with van der Waals surface area (Å²) in [5.41, 5.74) is 9.00. The van der Waals surface area contributed by atoms with E-state index in [0.717, 1.165) is 0 Å². The molecule has 0 unspecified atom stereocenters. The first-order valence-corrected chi connectivity index (χ1v) is 4.60. The lowest BCUT2D eigenvalue weighted by atomic mass is 10.0. The van der Waals surface area contributed by atoms with Gasteiger partial charge in [0.05, 0.1) is 0 Å². The molecule has 2 nitrogen and oxygen atoms in total. The van der Waals surface area contributed by atoms with Crippen molar-refractivity contribution >= 4 is 0 Å². The second-order valence-corrected chi connectivity index (χ2v) is 3.12. The summed E-state index contributed by atoms with van der Waals surface area (Å²) in [4.78, 5) is 0. The highest BCUT2D eigenvalue weighted by atomic mass is 14.4. The third kappa shape index (κ3) is 3.21. The topological polar surface area (TPSA) is 52.0 Å². The quantitative estimate of drug-likeness (QED) is 0.559. The highest BCUT2D eigenvalue weighted by Gasteiger charge is 2.30. The Labute approximate surface area is 70.3 Å². The molecule has 2 aliphatic carbocycles. The van der Waals surface area contributed by atoms with Crippen LogP contribution in [0, 0.1) is 11.8 Å². The van der Waals surface area contributed by atoms with E-state index in [1.54, 1.807) is 32.1 Å². The fraction of sp³-hybridized carbons (Fsp3) is 1.00. The Hall–Kier alpha value is -0.0800. The molecule has 0 amide bonds. The molecule has 2 saturated carbocycles. The van der Waals surface area contributed by atoms with E-state index in [9.17, 15) is 0 Å². The molecule has 2 aliphatic rings. The molecule has 0 spiro atoms. The normalized spacial score (nSPS) is 31.6. The van der Waals surface area contributed by atoms with Gasteiger partial charge in [0.15, 0.2) is 0 Å². The van der Waals surface area contributed by atoms with Gasteiger partial charge in [-0.2, -0.15) is 0 Å². The summed E-state index contributed by atoms with van der Waals surface area (Å²) in [6.07, 6.45) is 7.82. The average molecular weight is 158 g/mol. The van der Waals surface area contributed by atoms with Crippen molar-refractivity contribution in [1.82, 2.24) is 0 Å². The van der Waals surface area contributed by atoms with Crippen LogP contribution in [0.4, 0.5) is 0 Å². The number of nitrogens with two attached hydrogens (primary N) is 2. The summed E-state index contributed by atoms with van der Waals surface area (Å²) in [6.45, 7) is 0. The van der Waals surface area contributed by atoms with Crippen LogP contribution < -0.4 is 11.5 Å². The molecule has 0 atom stereocenters. The summed E-state index contributed by atoms with van der Waals surface area (Å²) >= 11 is 0. The van der Waals surface area contributed by atoms with E-state index < -0.39 is 0 Å². The Balaban J connectivity index is 0.000000222. The number of hydrogen-bond acceptors (Lipinski definition) is 2. The Kier molecular flexibility index (Phi) is 6.57. The van der Waals surface area contributed by atoms with Crippen molar-refractivity contribution in [2.75, 3.05) is 14.1 Å². The average Bonchev–Trinajstić information content (AvgIpc) is 2.74. The lowest BCUT2D eigenvalue weighted by Gasteiger charge is -2.05. The minimum Gasteiger partial charge on any atom is -0.333 e. The van der Waals surface area contributed by atoms with Gasteiger partial charge in [0, 0.05) is 0 Å². The molecule has 4 N–H and O–H groups in total. The minimum atomic E-state index is 1.17. The maximum Gasteiger partial charge on any atom is -0.0195 e. The first-order chi connectivity index (χ1) is 5.45. The molecule has 2 bridgehead atoms. The lowest BCUT2D eigenvalue weighted by Crippen LogP contribution is -1.90.